The Balaban J connectivity index is 1.58. The van der Waals surface area contributed by atoms with Crippen molar-refractivity contribution in [1.29, 1.82) is 0 Å². The molecule has 2 unspecified atom stereocenters. The summed E-state index contributed by atoms with van der Waals surface area (Å²) in [6.07, 6.45) is -9.53. The zero-order valence-corrected chi connectivity index (χ0v) is 16.6. The van der Waals surface area contributed by atoms with Gasteiger partial charge in [-0.2, -0.15) is 26.3 Å². The Morgan fingerprint density at radius 2 is 1.52 bits per heavy atom. The van der Waals surface area contributed by atoms with Gasteiger partial charge in [-0.05, 0) is 34.9 Å². The summed E-state index contributed by atoms with van der Waals surface area (Å²) in [5.41, 5.74) is -0.591. The van der Waals surface area contributed by atoms with Crippen LogP contribution in [0.15, 0.2) is 42.5 Å². The van der Waals surface area contributed by atoms with Gasteiger partial charge in [0.05, 0.1) is 29.9 Å². The Morgan fingerprint density at radius 1 is 0.903 bits per heavy atom. The van der Waals surface area contributed by atoms with Gasteiger partial charge in [0, 0.05) is 32.6 Å². The van der Waals surface area contributed by atoms with E-state index in [1.807, 2.05) is 24.3 Å². The van der Waals surface area contributed by atoms with Gasteiger partial charge in [-0.25, -0.2) is 0 Å². The number of alkyl halides is 6. The predicted octanol–water partition coefficient (Wildman–Crippen LogP) is 4.81. The molecule has 0 radical (unpaired) electrons. The quantitative estimate of drug-likeness (QED) is 0.685. The van der Waals surface area contributed by atoms with E-state index in [2.05, 4.69) is 10.2 Å². The van der Waals surface area contributed by atoms with Crippen LogP contribution in [0.4, 0.5) is 26.3 Å². The Kier molecular flexibility index (Phi) is 6.02. The maximum atomic E-state index is 13.1. The highest BCUT2D eigenvalue weighted by atomic mass is 19.4. The number of ether oxygens (including phenoxy) is 1. The molecule has 2 aromatic carbocycles. The Hall–Kier alpha value is -2.10. The van der Waals surface area contributed by atoms with Crippen molar-refractivity contribution in [2.75, 3.05) is 26.2 Å². The minimum atomic E-state index is -4.87. The molecule has 1 aliphatic carbocycles. The number of halogens is 6. The summed E-state index contributed by atoms with van der Waals surface area (Å²) in [7, 11) is 0. The molecule has 1 heterocycles. The molecule has 31 heavy (non-hydrogen) atoms. The largest absolute Gasteiger partial charge is 0.416 e. The van der Waals surface area contributed by atoms with Crippen LogP contribution in [0.25, 0.3) is 0 Å². The summed E-state index contributed by atoms with van der Waals surface area (Å²) in [4.78, 5) is 2.26. The molecule has 0 spiro atoms. The van der Waals surface area contributed by atoms with E-state index in [1.165, 1.54) is 0 Å². The summed E-state index contributed by atoms with van der Waals surface area (Å²) >= 11 is 0. The van der Waals surface area contributed by atoms with E-state index >= 15 is 0 Å². The highest BCUT2D eigenvalue weighted by molar-refractivity contribution is 5.37. The van der Waals surface area contributed by atoms with Crippen LogP contribution >= 0.6 is 0 Å². The molecule has 0 saturated carbocycles. The average molecular weight is 444 g/mol. The zero-order chi connectivity index (χ0) is 22.2. The summed E-state index contributed by atoms with van der Waals surface area (Å²) in [5.74, 6) is 0. The first-order valence-electron chi connectivity index (χ1n) is 10.1. The first kappa shape index (κ1) is 22.1. The van der Waals surface area contributed by atoms with Crippen molar-refractivity contribution in [3.05, 3.63) is 70.3 Å². The molecule has 3 nitrogen and oxygen atoms in total. The molecule has 2 aromatic rings. The van der Waals surface area contributed by atoms with Crippen LogP contribution in [0, 0.1) is 0 Å². The van der Waals surface area contributed by atoms with Crippen LogP contribution < -0.4 is 5.32 Å². The second-order valence-electron chi connectivity index (χ2n) is 7.90. The minimum absolute atomic E-state index is 0.0776. The molecule has 168 valence electrons. The van der Waals surface area contributed by atoms with Crippen molar-refractivity contribution in [2.24, 2.45) is 0 Å². The van der Waals surface area contributed by atoms with Crippen molar-refractivity contribution >= 4 is 0 Å². The Bertz CT molecular complexity index is 889. The lowest BCUT2D eigenvalue weighted by Gasteiger charge is -2.36. The van der Waals surface area contributed by atoms with Gasteiger partial charge in [0.2, 0.25) is 0 Å². The molecule has 9 heteroatoms. The van der Waals surface area contributed by atoms with E-state index < -0.39 is 23.5 Å². The van der Waals surface area contributed by atoms with Gasteiger partial charge >= 0.3 is 12.4 Å². The van der Waals surface area contributed by atoms with E-state index in [4.69, 9.17) is 4.74 Å². The molecule has 1 saturated heterocycles. The van der Waals surface area contributed by atoms with Gasteiger partial charge in [-0.3, -0.25) is 4.90 Å². The van der Waals surface area contributed by atoms with E-state index in [-0.39, 0.29) is 30.4 Å². The second kappa shape index (κ2) is 8.44. The van der Waals surface area contributed by atoms with E-state index in [0.29, 0.717) is 6.42 Å². The maximum Gasteiger partial charge on any atom is 0.416 e. The Labute approximate surface area is 176 Å². The average Bonchev–Trinajstić information content (AvgIpc) is 3.10. The first-order valence-corrected chi connectivity index (χ1v) is 10.1. The number of rotatable bonds is 4. The second-order valence-corrected chi connectivity index (χ2v) is 7.90. The van der Waals surface area contributed by atoms with Gasteiger partial charge in [0.25, 0.3) is 0 Å². The van der Waals surface area contributed by atoms with Crippen LogP contribution in [-0.4, -0.2) is 37.2 Å². The van der Waals surface area contributed by atoms with Gasteiger partial charge in [0.15, 0.2) is 0 Å². The van der Waals surface area contributed by atoms with Crippen LogP contribution in [0.5, 0.6) is 0 Å². The first-order chi connectivity index (χ1) is 14.6. The minimum Gasteiger partial charge on any atom is -0.371 e. The fraction of sp³-hybridized carbons (Fsp3) is 0.455. The van der Waals surface area contributed by atoms with E-state index in [1.54, 1.807) is 0 Å². The molecule has 1 aliphatic heterocycles. The number of hydrogen-bond donors (Lipinski definition) is 1. The normalized spacial score (nSPS) is 22.5. The molecule has 0 aromatic heterocycles. The number of nitrogens with one attached hydrogen (secondary N) is 1. The molecule has 0 bridgehead atoms. The van der Waals surface area contributed by atoms with Gasteiger partial charge < -0.3 is 10.1 Å². The monoisotopic (exact) mass is 444 g/mol. The fourth-order valence-corrected chi connectivity index (χ4v) is 4.39. The molecule has 0 amide bonds. The molecule has 4 rings (SSSR count). The van der Waals surface area contributed by atoms with Crippen LogP contribution in [0.3, 0.4) is 0 Å². The van der Waals surface area contributed by atoms with Gasteiger partial charge in [-0.1, -0.05) is 24.3 Å². The number of fused-ring (bicyclic) bond motifs is 1. The molecule has 2 aliphatic rings. The van der Waals surface area contributed by atoms with E-state index in [9.17, 15) is 26.3 Å². The van der Waals surface area contributed by atoms with Crippen LogP contribution in [0.2, 0.25) is 0 Å². The summed E-state index contributed by atoms with van der Waals surface area (Å²) in [6.45, 7) is 2.89. The predicted molar refractivity (Wildman–Crippen MR) is 102 cm³/mol. The van der Waals surface area contributed by atoms with Gasteiger partial charge in [-0.15, -0.1) is 0 Å². The molecular weight excluding hydrogens is 422 g/mol. The summed E-state index contributed by atoms with van der Waals surface area (Å²) in [5, 5.41) is 3.28. The smallest absolute Gasteiger partial charge is 0.371 e. The van der Waals surface area contributed by atoms with Crippen molar-refractivity contribution in [2.45, 2.75) is 37.5 Å². The number of hydrogen-bond acceptors (Lipinski definition) is 3. The van der Waals surface area contributed by atoms with Crippen molar-refractivity contribution in [3.8, 4) is 0 Å². The number of piperazine rings is 1. The van der Waals surface area contributed by atoms with Crippen LogP contribution in [0.1, 0.15) is 33.9 Å². The summed E-state index contributed by atoms with van der Waals surface area (Å²) < 4.78 is 84.8. The van der Waals surface area contributed by atoms with Crippen molar-refractivity contribution in [3.63, 3.8) is 0 Å². The van der Waals surface area contributed by atoms with Crippen LogP contribution in [-0.2, 0) is 30.1 Å². The lowest BCUT2D eigenvalue weighted by atomic mass is 10.0. The lowest BCUT2D eigenvalue weighted by Crippen LogP contribution is -2.47. The molecule has 1 fully saturated rings. The van der Waals surface area contributed by atoms with Crippen molar-refractivity contribution < 1.29 is 31.1 Å². The lowest BCUT2D eigenvalue weighted by molar-refractivity contribution is -0.143. The van der Waals surface area contributed by atoms with E-state index in [0.717, 1.165) is 49.4 Å². The molecular formula is C22H22F6N2O. The highest BCUT2D eigenvalue weighted by Crippen LogP contribution is 2.39. The number of benzene rings is 2. The third-order valence-electron chi connectivity index (χ3n) is 5.80. The third-order valence-corrected chi connectivity index (χ3v) is 5.80. The topological polar surface area (TPSA) is 24.5 Å². The number of nitrogens with zero attached hydrogens (tertiary/aromatic N) is 1. The highest BCUT2D eigenvalue weighted by Gasteiger charge is 2.39. The third kappa shape index (κ3) is 4.88. The molecule has 2 atom stereocenters. The Morgan fingerprint density at radius 3 is 2.13 bits per heavy atom. The zero-order valence-electron chi connectivity index (χ0n) is 16.6. The van der Waals surface area contributed by atoms with Gasteiger partial charge in [0.1, 0.15) is 0 Å². The van der Waals surface area contributed by atoms with Crippen molar-refractivity contribution in [1.82, 2.24) is 10.2 Å². The SMILES string of the molecule is FC(F)(F)c1cc(COC2Cc3ccccc3C2N2CCNCC2)cc(C(F)(F)F)c1. The summed E-state index contributed by atoms with van der Waals surface area (Å²) in [6, 6.07) is 9.37. The molecule has 1 N–H and O–H groups in total. The standard InChI is InChI=1S/C22H22F6N2O/c23-21(24,25)16-9-14(10-17(12-16)22(26,27)28)13-31-19-11-15-3-1-2-4-18(15)20(19)30-7-5-29-6-8-30/h1-4,9-10,12,19-20,29H,5-8,11,13H2. The fourth-order valence-electron chi connectivity index (χ4n) is 4.39. The maximum absolute atomic E-state index is 13.1.